The lowest BCUT2D eigenvalue weighted by Gasteiger charge is -2.31. The predicted molar refractivity (Wildman–Crippen MR) is 242 cm³/mol. The first-order valence-corrected chi connectivity index (χ1v) is 22.8. The van der Waals surface area contributed by atoms with Gasteiger partial charge in [-0.3, -0.25) is 47.9 Å². The molecule has 67 heavy (non-hydrogen) atoms. The Morgan fingerprint density at radius 3 is 2.00 bits per heavy atom. The summed E-state index contributed by atoms with van der Waals surface area (Å²) in [5, 5.41) is 36.6. The molecule has 1 aliphatic rings. The number of hydrogen-bond donors (Lipinski definition) is 12. The van der Waals surface area contributed by atoms with Gasteiger partial charge in [0.1, 0.15) is 42.3 Å². The summed E-state index contributed by atoms with van der Waals surface area (Å²) in [6, 6.07) is -9.94. The largest absolute Gasteiger partial charge is 0.481 e. The molecule has 1 aromatic heterocycles. The first-order valence-electron chi connectivity index (χ1n) is 22.8. The highest BCUT2D eigenvalue weighted by Gasteiger charge is 2.41. The van der Waals surface area contributed by atoms with Gasteiger partial charge in [-0.15, -0.1) is 0 Å². The van der Waals surface area contributed by atoms with Crippen LogP contribution in [0.1, 0.15) is 106 Å². The summed E-state index contributed by atoms with van der Waals surface area (Å²) in [5.74, 6) is -9.72. The second-order valence-electron chi connectivity index (χ2n) is 17.7. The van der Waals surface area contributed by atoms with Crippen LogP contribution < -0.4 is 48.7 Å². The number of hydrogen-bond acceptors (Lipinski definition) is 13. The van der Waals surface area contributed by atoms with E-state index in [0.29, 0.717) is 31.4 Å². The van der Waals surface area contributed by atoms with Gasteiger partial charge in [0.25, 0.3) is 0 Å². The number of H-pyrrole nitrogens is 1. The minimum absolute atomic E-state index is 0.00126. The van der Waals surface area contributed by atoms with E-state index >= 15 is 0 Å². The zero-order valence-corrected chi connectivity index (χ0v) is 39.5. The van der Waals surface area contributed by atoms with E-state index in [1.165, 1.54) is 19.4 Å². The van der Waals surface area contributed by atoms with E-state index in [1.54, 1.807) is 20.8 Å². The molecule has 376 valence electrons. The van der Waals surface area contributed by atoms with Crippen LogP contribution in [0.5, 0.6) is 0 Å². The van der Waals surface area contributed by atoms with Crippen molar-refractivity contribution in [2.24, 2.45) is 29.2 Å². The van der Waals surface area contributed by atoms with Crippen LogP contribution in [0.15, 0.2) is 12.5 Å². The molecule has 24 heteroatoms. The third-order valence-corrected chi connectivity index (χ3v) is 11.3. The first kappa shape index (κ1) is 57.0. The molecule has 8 amide bonds. The number of nitrogens with zero attached hydrogens (tertiary/aromatic N) is 2. The summed E-state index contributed by atoms with van der Waals surface area (Å²) < 4.78 is 0. The quantitative estimate of drug-likeness (QED) is 0.0378. The van der Waals surface area contributed by atoms with Gasteiger partial charge < -0.3 is 68.8 Å². The number of carbonyl (C=O) groups excluding carboxylic acids is 8. The van der Waals surface area contributed by atoms with Crippen molar-refractivity contribution >= 4 is 59.2 Å². The number of amides is 8. The zero-order chi connectivity index (χ0) is 50.5. The molecule has 2 heterocycles. The van der Waals surface area contributed by atoms with Gasteiger partial charge in [-0.1, -0.05) is 48.0 Å². The lowest BCUT2D eigenvalue weighted by Crippen LogP contribution is -2.60. The fourth-order valence-electron chi connectivity index (χ4n) is 7.18. The lowest BCUT2D eigenvalue weighted by atomic mass is 9.97. The Bertz CT molecular complexity index is 1860. The van der Waals surface area contributed by atoms with E-state index in [0.717, 1.165) is 4.90 Å². The van der Waals surface area contributed by atoms with Gasteiger partial charge in [0.15, 0.2) is 0 Å². The molecule has 1 fully saturated rings. The predicted octanol–water partition coefficient (Wildman–Crippen LogP) is -2.25. The van der Waals surface area contributed by atoms with E-state index in [4.69, 9.17) is 16.6 Å². The molecule has 0 bridgehead atoms. The van der Waals surface area contributed by atoms with Crippen LogP contribution in [0, 0.1) is 17.8 Å². The molecule has 1 saturated heterocycles. The van der Waals surface area contributed by atoms with E-state index < -0.39 is 126 Å². The topological polar surface area (TPSA) is 379 Å². The lowest BCUT2D eigenvalue weighted by molar-refractivity contribution is -0.146. The van der Waals surface area contributed by atoms with Gasteiger partial charge in [-0.2, -0.15) is 0 Å². The number of nitrogens with two attached hydrogens (primary N) is 2. The van der Waals surface area contributed by atoms with Gasteiger partial charge >= 0.3 is 11.9 Å². The maximum Gasteiger partial charge on any atom is 0.325 e. The van der Waals surface area contributed by atoms with Crippen LogP contribution >= 0.6 is 0 Å². The molecule has 0 aromatic carbocycles. The number of rotatable bonds is 29. The number of aromatic amines is 1. The fourth-order valence-corrected chi connectivity index (χ4v) is 7.18. The second kappa shape index (κ2) is 28.1. The van der Waals surface area contributed by atoms with Crippen LogP contribution in [0.4, 0.5) is 0 Å². The van der Waals surface area contributed by atoms with Gasteiger partial charge in [0.2, 0.25) is 47.3 Å². The molecule has 0 spiro atoms. The Kier molecular flexibility index (Phi) is 23.9. The Morgan fingerprint density at radius 2 is 1.43 bits per heavy atom. The van der Waals surface area contributed by atoms with Crippen molar-refractivity contribution in [2.45, 2.75) is 155 Å². The van der Waals surface area contributed by atoms with E-state index in [9.17, 15) is 53.1 Å². The van der Waals surface area contributed by atoms with Crippen molar-refractivity contribution in [2.75, 3.05) is 19.6 Å². The van der Waals surface area contributed by atoms with Crippen LogP contribution in [-0.4, -0.2) is 152 Å². The summed E-state index contributed by atoms with van der Waals surface area (Å²) in [7, 11) is 0. The average Bonchev–Trinajstić information content (AvgIpc) is 3.98. The normalized spacial score (nSPS) is 17.1. The molecule has 0 saturated carbocycles. The zero-order valence-electron chi connectivity index (χ0n) is 39.5. The molecular formula is C43H72N12O12. The number of aromatic nitrogens is 2. The summed E-state index contributed by atoms with van der Waals surface area (Å²) in [5.41, 5.74) is 12.3. The van der Waals surface area contributed by atoms with Crippen LogP contribution in [0.3, 0.4) is 0 Å². The van der Waals surface area contributed by atoms with Gasteiger partial charge in [0.05, 0.1) is 25.3 Å². The van der Waals surface area contributed by atoms with Crippen molar-refractivity contribution in [1.29, 1.82) is 0 Å². The number of carboxylic acid groups (broad SMARTS) is 2. The Labute approximate surface area is 390 Å². The minimum Gasteiger partial charge on any atom is -0.481 e. The number of aliphatic carboxylic acids is 2. The van der Waals surface area contributed by atoms with E-state index in [1.807, 2.05) is 20.8 Å². The summed E-state index contributed by atoms with van der Waals surface area (Å²) in [6.07, 6.45) is 3.91. The molecule has 0 unspecified atom stereocenters. The summed E-state index contributed by atoms with van der Waals surface area (Å²) >= 11 is 0. The number of carbonyl (C=O) groups is 10. The van der Waals surface area contributed by atoms with Crippen LogP contribution in [0.2, 0.25) is 0 Å². The van der Waals surface area contributed by atoms with Gasteiger partial charge in [0, 0.05) is 24.9 Å². The molecule has 0 aliphatic carbocycles. The maximum absolute atomic E-state index is 14.2. The summed E-state index contributed by atoms with van der Waals surface area (Å²) in [6.45, 7) is 11.5. The standard InChI is InChI=1S/C43H72N12O12/c1-8-24(6)34(45)40(63)51-28(16-22(2)3)38(61)50-27(12-9-10-14-44)37(60)53-30(18-33(57)58)42(65)55-15-11-13-31(55)39(62)54-35(23(4)5)41(64)52-29(17-26-19-46-21-48-26)36(59)47-20-32(56)49-25(7)43(66)67/h19,21-25,27-31,34-35H,8-18,20,44-45H2,1-7H3,(H,46,48)(H,47,59)(H,49,56)(H,50,61)(H,51,63)(H,52,64)(H,53,60)(H,54,62)(H,57,58)(H,66,67)/t24-,25-,27-,28-,29-,30-,31-,34-,35-/m0/s1. The highest BCUT2D eigenvalue weighted by molar-refractivity contribution is 5.99. The van der Waals surface area contributed by atoms with Crippen molar-refractivity contribution in [1.82, 2.24) is 52.1 Å². The van der Waals surface area contributed by atoms with Crippen molar-refractivity contribution < 1.29 is 58.2 Å². The number of carboxylic acids is 2. The number of unbranched alkanes of at least 4 members (excludes halogenated alkanes) is 1. The molecular weight excluding hydrogens is 877 g/mol. The minimum atomic E-state index is -1.69. The summed E-state index contributed by atoms with van der Waals surface area (Å²) in [4.78, 5) is 139. The van der Waals surface area contributed by atoms with Crippen molar-refractivity contribution in [3.63, 3.8) is 0 Å². The number of imidazole rings is 1. The third-order valence-electron chi connectivity index (χ3n) is 11.3. The average molecular weight is 949 g/mol. The molecule has 0 radical (unpaired) electrons. The molecule has 2 rings (SSSR count). The SMILES string of the molecule is CC[C@H](C)[C@H](N)C(=O)N[C@@H](CC(C)C)C(=O)N[C@@H](CCCCN)C(=O)N[C@@H](CC(=O)O)C(=O)N1CCC[C@H]1C(=O)N[C@H](C(=O)N[C@@H](Cc1cnc[nH]1)C(=O)NCC(=O)N[C@@H](C)C(=O)O)C(C)C. The van der Waals surface area contributed by atoms with Gasteiger partial charge in [-0.05, 0) is 69.7 Å². The molecule has 9 atom stereocenters. The van der Waals surface area contributed by atoms with Crippen LogP contribution in [-0.2, 0) is 54.4 Å². The third kappa shape index (κ3) is 18.9. The Morgan fingerprint density at radius 1 is 0.806 bits per heavy atom. The van der Waals surface area contributed by atoms with E-state index in [-0.39, 0.29) is 50.6 Å². The Balaban J connectivity index is 2.30. The Hall–Kier alpha value is -6.17. The van der Waals surface area contributed by atoms with Crippen molar-refractivity contribution in [3.05, 3.63) is 18.2 Å². The monoisotopic (exact) mass is 949 g/mol. The highest BCUT2D eigenvalue weighted by Crippen LogP contribution is 2.21. The molecule has 1 aliphatic heterocycles. The smallest absolute Gasteiger partial charge is 0.325 e. The molecule has 1 aromatic rings. The van der Waals surface area contributed by atoms with Crippen LogP contribution in [0.25, 0.3) is 0 Å². The number of nitrogens with one attached hydrogen (secondary N) is 8. The van der Waals surface area contributed by atoms with E-state index in [2.05, 4.69) is 47.2 Å². The maximum atomic E-state index is 14.2. The number of likely N-dealkylation sites (tertiary alicyclic amines) is 1. The van der Waals surface area contributed by atoms with Crippen molar-refractivity contribution in [3.8, 4) is 0 Å². The molecule has 14 N–H and O–H groups in total. The van der Waals surface area contributed by atoms with Gasteiger partial charge in [-0.25, -0.2) is 4.98 Å². The second-order valence-corrected chi connectivity index (χ2v) is 17.7. The first-order chi connectivity index (χ1) is 31.5. The molecule has 24 nitrogen and oxygen atoms in total. The highest BCUT2D eigenvalue weighted by atomic mass is 16.4. The fraction of sp³-hybridized carbons (Fsp3) is 0.698.